The van der Waals surface area contributed by atoms with Gasteiger partial charge in [0.2, 0.25) is 5.95 Å². The maximum Gasteiger partial charge on any atom is 0.235 e. The molecule has 0 unspecified atom stereocenters. The lowest BCUT2D eigenvalue weighted by atomic mass is 10.1. The lowest BCUT2D eigenvalue weighted by Crippen LogP contribution is -2.03. The zero-order chi connectivity index (χ0) is 90.8. The highest BCUT2D eigenvalue weighted by atomic mass is 15.2. The highest BCUT2D eigenvalue weighted by Gasteiger charge is 2.29. The Labute approximate surface area is 791 Å². The molecule has 0 aliphatic heterocycles. The van der Waals surface area contributed by atoms with Crippen molar-refractivity contribution in [3.05, 3.63) is 491 Å². The van der Waals surface area contributed by atoms with Gasteiger partial charge in [-0.2, -0.15) is 0 Å². The first kappa shape index (κ1) is 78.9. The molecular weight excluding hydrogens is 1680 g/mol. The Kier molecular flexibility index (Phi) is 18.6. The summed E-state index contributed by atoms with van der Waals surface area (Å²) >= 11 is 0. The molecule has 10 heterocycles. The molecule has 10 aromatic heterocycles. The van der Waals surface area contributed by atoms with E-state index in [9.17, 15) is 0 Å². The lowest BCUT2D eigenvalue weighted by Gasteiger charge is -2.11. The minimum absolute atomic E-state index is 0.633. The predicted molar refractivity (Wildman–Crippen MR) is 570 cm³/mol. The van der Waals surface area contributed by atoms with Gasteiger partial charge in [-0.05, 0) is 152 Å². The molecule has 0 spiro atoms. The summed E-state index contributed by atoms with van der Waals surface area (Å²) in [5.41, 5.74) is 32.5. The Balaban J connectivity index is 0.000000106. The predicted octanol–water partition coefficient (Wildman–Crippen LogP) is 31.2. The van der Waals surface area contributed by atoms with Crippen molar-refractivity contribution >= 4 is 153 Å². The van der Waals surface area contributed by atoms with Crippen molar-refractivity contribution in [1.29, 1.82) is 0 Å². The van der Waals surface area contributed by atoms with Crippen LogP contribution in [-0.2, 0) is 0 Å². The van der Waals surface area contributed by atoms with Gasteiger partial charge in [0.05, 0.1) is 99.5 Å². The third-order valence-corrected chi connectivity index (χ3v) is 27.2. The van der Waals surface area contributed by atoms with E-state index in [2.05, 4.69) is 455 Å². The summed E-state index contributed by atoms with van der Waals surface area (Å²) in [6, 6.07) is 174. The van der Waals surface area contributed by atoms with Gasteiger partial charge >= 0.3 is 0 Å². The minimum Gasteiger partial charge on any atom is -0.309 e. The van der Waals surface area contributed by atoms with Gasteiger partial charge in [-0.1, -0.05) is 340 Å². The monoisotopic (exact) mass is 1760 g/mol. The quantitative estimate of drug-likeness (QED) is 0.121. The van der Waals surface area contributed by atoms with Gasteiger partial charge in [0.15, 0.2) is 17.5 Å². The first-order valence-electron chi connectivity index (χ1n) is 46.7. The maximum absolute atomic E-state index is 5.25. The van der Waals surface area contributed by atoms with E-state index in [1.165, 1.54) is 115 Å². The molecule has 0 N–H and O–H groups in total. The van der Waals surface area contributed by atoms with Crippen LogP contribution in [0.2, 0.25) is 0 Å². The molecule has 13 nitrogen and oxygen atoms in total. The molecule has 0 atom stereocenters. The standard InChI is InChI=1S/C50H32N4.C41H27N5.C34H22N4/c1-3-15-33(16-4-1)51-43-23-11-7-19-37(43)41-31-35(27-29-47(41)51)53-45-25-13-9-21-39(45)50-49(53)40-22-10-14-26-46(40)54(50)36-28-30-48-42(32-36)38-20-8-12-24-44(38)52(48)34-17-5-2-6-18-34;1-4-15-28(16-5-1)39-42-40(29-17-6-2-7-18-29)44-41(43-39)30-19-14-22-32(27-30)46-36-26-13-11-24-34(36)37-38(46)33-23-10-12-25-35(33)45(37)31-20-8-3-9-21-31;1-3-13-23(14-4-1)31-25-17-7-10-20-28(25)35-34(36-31)38-30-22-12-9-19-27(30)32-33(38)26-18-8-11-21-29(26)37(32)24-15-5-2-6-16-24/h1-32H;1-27H;1-22H. The SMILES string of the molecule is c1ccc(-c2nc(-c3ccccc3)nc(-c3cccc(-n4c5ccccc5c5c4c4ccccc4n5-c4ccccc4)c3)n2)cc1.c1ccc(-c2nc(-n3c4ccccc4c4c3c3ccccc3n4-c3ccccc3)nc3ccccc23)cc1.c1ccc(-n2c3ccccc3c3cc(-n4c5ccccc5c5c4c4ccccc4n5-c4ccc5c(c4)c4ccccc4n5-c4ccccc4)ccc32)cc1. The van der Waals surface area contributed by atoms with Crippen molar-refractivity contribution in [2.45, 2.75) is 0 Å². The summed E-state index contributed by atoms with van der Waals surface area (Å²) in [5, 5.41) is 13.2. The number of hydrogen-bond donors (Lipinski definition) is 0. The normalized spacial score (nSPS) is 11.8. The second-order valence-corrected chi connectivity index (χ2v) is 35.0. The molecule has 138 heavy (non-hydrogen) atoms. The van der Waals surface area contributed by atoms with Crippen LogP contribution < -0.4 is 0 Å². The van der Waals surface area contributed by atoms with E-state index in [1.54, 1.807) is 0 Å². The Morgan fingerprint density at radius 1 is 0.130 bits per heavy atom. The lowest BCUT2D eigenvalue weighted by molar-refractivity contribution is 1.02. The van der Waals surface area contributed by atoms with Gasteiger partial charge in [-0.15, -0.1) is 0 Å². The van der Waals surface area contributed by atoms with Crippen molar-refractivity contribution < 1.29 is 0 Å². The molecule has 0 aliphatic rings. The van der Waals surface area contributed by atoms with Crippen molar-refractivity contribution in [2.24, 2.45) is 0 Å². The molecule has 29 rings (SSSR count). The Morgan fingerprint density at radius 3 is 0.732 bits per heavy atom. The van der Waals surface area contributed by atoms with Gasteiger partial charge in [0, 0.05) is 121 Å². The zero-order valence-electron chi connectivity index (χ0n) is 74.6. The van der Waals surface area contributed by atoms with Crippen LogP contribution in [0.4, 0.5) is 0 Å². The summed E-state index contributed by atoms with van der Waals surface area (Å²) in [6.45, 7) is 0. The molecule has 646 valence electrons. The molecular formula is C125H81N13. The highest BCUT2D eigenvalue weighted by Crippen LogP contribution is 2.48. The second-order valence-electron chi connectivity index (χ2n) is 35.0. The summed E-state index contributed by atoms with van der Waals surface area (Å²) < 4.78 is 19.1. The van der Waals surface area contributed by atoms with Crippen molar-refractivity contribution in [2.75, 3.05) is 0 Å². The van der Waals surface area contributed by atoms with E-state index in [0.29, 0.717) is 23.4 Å². The summed E-state index contributed by atoms with van der Waals surface area (Å²) in [4.78, 5) is 25.3. The highest BCUT2D eigenvalue weighted by molar-refractivity contribution is 6.24. The van der Waals surface area contributed by atoms with Crippen LogP contribution in [0, 0.1) is 0 Å². The fourth-order valence-corrected chi connectivity index (χ4v) is 21.4. The van der Waals surface area contributed by atoms with E-state index < -0.39 is 0 Å². The first-order chi connectivity index (χ1) is 68.5. The zero-order valence-corrected chi connectivity index (χ0v) is 74.6. The van der Waals surface area contributed by atoms with E-state index in [1.807, 2.05) is 72.8 Å². The van der Waals surface area contributed by atoms with Crippen LogP contribution in [0.25, 0.3) is 244 Å². The topological polar surface area (TPSA) is 104 Å². The molecule has 0 fully saturated rings. The Hall–Kier alpha value is -18.9. The smallest absolute Gasteiger partial charge is 0.235 e. The van der Waals surface area contributed by atoms with Gasteiger partial charge < -0.3 is 32.0 Å². The van der Waals surface area contributed by atoms with E-state index in [4.69, 9.17) is 24.9 Å². The fourth-order valence-electron chi connectivity index (χ4n) is 21.4. The van der Waals surface area contributed by atoms with Crippen molar-refractivity contribution in [3.8, 4) is 91.2 Å². The average molecular weight is 1770 g/mol. The fraction of sp³-hybridized carbons (Fsp3) is 0. The van der Waals surface area contributed by atoms with Crippen LogP contribution in [0.3, 0.4) is 0 Å². The molecule has 0 saturated carbocycles. The van der Waals surface area contributed by atoms with E-state index in [0.717, 1.165) is 106 Å². The molecule has 19 aromatic carbocycles. The molecule has 0 bridgehead atoms. The Morgan fingerprint density at radius 2 is 0.370 bits per heavy atom. The number of aromatic nitrogens is 13. The van der Waals surface area contributed by atoms with Gasteiger partial charge in [-0.25, -0.2) is 24.9 Å². The van der Waals surface area contributed by atoms with E-state index >= 15 is 0 Å². The van der Waals surface area contributed by atoms with Crippen molar-refractivity contribution in [1.82, 2.24) is 61.5 Å². The van der Waals surface area contributed by atoms with Crippen LogP contribution >= 0.6 is 0 Å². The van der Waals surface area contributed by atoms with Gasteiger partial charge in [0.25, 0.3) is 0 Å². The summed E-state index contributed by atoms with van der Waals surface area (Å²) in [7, 11) is 0. The molecule has 13 heteroatoms. The molecule has 0 amide bonds. The average Bonchev–Trinajstić information content (AvgIpc) is 1.54. The number of rotatable bonds is 12. The second kappa shape index (κ2) is 32.6. The molecule has 0 saturated heterocycles. The number of benzene rings is 19. The van der Waals surface area contributed by atoms with Crippen LogP contribution in [-0.4, -0.2) is 61.5 Å². The number of nitrogens with zero attached hydrogens (tertiary/aromatic N) is 13. The van der Waals surface area contributed by atoms with E-state index in [-0.39, 0.29) is 0 Å². The van der Waals surface area contributed by atoms with Gasteiger partial charge in [-0.3, -0.25) is 4.57 Å². The Bertz CT molecular complexity index is 9530. The maximum atomic E-state index is 5.25. The first-order valence-corrected chi connectivity index (χ1v) is 46.7. The van der Waals surface area contributed by atoms with Crippen LogP contribution in [0.15, 0.2) is 491 Å². The van der Waals surface area contributed by atoms with Gasteiger partial charge in [0.1, 0.15) is 0 Å². The number of para-hydroxylation sites is 13. The summed E-state index contributed by atoms with van der Waals surface area (Å²) in [6.07, 6.45) is 0. The molecule has 0 aliphatic carbocycles. The summed E-state index contributed by atoms with van der Waals surface area (Å²) in [5.74, 6) is 2.60. The van der Waals surface area contributed by atoms with Crippen LogP contribution in [0.5, 0.6) is 0 Å². The molecule has 0 radical (unpaired) electrons. The third kappa shape index (κ3) is 12.7. The van der Waals surface area contributed by atoms with Crippen LogP contribution in [0.1, 0.15) is 0 Å². The van der Waals surface area contributed by atoms with Crippen molar-refractivity contribution in [3.63, 3.8) is 0 Å². The largest absolute Gasteiger partial charge is 0.309 e. The third-order valence-electron chi connectivity index (χ3n) is 27.2. The number of hydrogen-bond acceptors (Lipinski definition) is 5. The number of fused-ring (bicyclic) bond motifs is 22. The molecule has 29 aromatic rings. The minimum atomic E-state index is 0.633.